The largest absolute Gasteiger partial charge is 0.481 e. The van der Waals surface area contributed by atoms with Crippen LogP contribution in [0, 0.1) is 5.82 Å². The van der Waals surface area contributed by atoms with Crippen LogP contribution in [0.3, 0.4) is 0 Å². The molecule has 0 spiro atoms. The van der Waals surface area contributed by atoms with Crippen LogP contribution in [0.2, 0.25) is 0 Å². The van der Waals surface area contributed by atoms with Gasteiger partial charge in [0.25, 0.3) is 0 Å². The van der Waals surface area contributed by atoms with Crippen LogP contribution in [-0.4, -0.2) is 22.6 Å². The molecule has 1 aromatic heterocycles. The molecule has 0 aliphatic carbocycles. The molecule has 4 nitrogen and oxygen atoms in total. The minimum atomic E-state index is -0.825. The maximum Gasteiger partial charge on any atom is 0.303 e. The molecule has 2 N–H and O–H groups in total. The fourth-order valence-corrected chi connectivity index (χ4v) is 1.76. The zero-order valence-electron chi connectivity index (χ0n) is 9.69. The van der Waals surface area contributed by atoms with Gasteiger partial charge in [-0.3, -0.25) is 4.79 Å². The molecule has 2 rings (SSSR count). The highest BCUT2D eigenvalue weighted by atomic mass is 19.1. The van der Waals surface area contributed by atoms with E-state index in [1.807, 2.05) is 0 Å². The molecule has 1 heterocycles. The number of hydrogen-bond donors (Lipinski definition) is 2. The van der Waals surface area contributed by atoms with E-state index in [1.54, 1.807) is 18.2 Å². The Morgan fingerprint density at radius 3 is 2.94 bits per heavy atom. The summed E-state index contributed by atoms with van der Waals surface area (Å²) in [6, 6.07) is 6.43. The van der Waals surface area contributed by atoms with Gasteiger partial charge in [-0.15, -0.1) is 0 Å². The molecule has 0 aliphatic heterocycles. The molecule has 94 valence electrons. The van der Waals surface area contributed by atoms with Crippen molar-refractivity contribution >= 4 is 22.6 Å². The summed E-state index contributed by atoms with van der Waals surface area (Å²) in [6.07, 6.45) is 2.14. The summed E-state index contributed by atoms with van der Waals surface area (Å²) in [7, 11) is 0. The number of rotatable bonds is 5. The average Bonchev–Trinajstić information content (AvgIpc) is 2.35. The van der Waals surface area contributed by atoms with E-state index in [1.165, 1.54) is 12.3 Å². The van der Waals surface area contributed by atoms with Gasteiger partial charge >= 0.3 is 5.97 Å². The van der Waals surface area contributed by atoms with Crippen LogP contribution < -0.4 is 5.32 Å². The zero-order valence-corrected chi connectivity index (χ0v) is 9.69. The van der Waals surface area contributed by atoms with Gasteiger partial charge in [-0.25, -0.2) is 9.37 Å². The average molecular weight is 248 g/mol. The van der Waals surface area contributed by atoms with E-state index in [-0.39, 0.29) is 12.2 Å². The molecule has 0 unspecified atom stereocenters. The van der Waals surface area contributed by atoms with Crippen LogP contribution in [-0.2, 0) is 4.79 Å². The molecule has 2 aromatic rings. The monoisotopic (exact) mass is 248 g/mol. The van der Waals surface area contributed by atoms with Gasteiger partial charge < -0.3 is 10.4 Å². The molecule has 0 aliphatic rings. The topological polar surface area (TPSA) is 62.2 Å². The molecular formula is C13H13FN2O2. The first-order valence-corrected chi connectivity index (χ1v) is 5.67. The molecule has 5 heteroatoms. The second-order valence-electron chi connectivity index (χ2n) is 3.92. The molecule has 18 heavy (non-hydrogen) atoms. The Morgan fingerprint density at radius 2 is 2.17 bits per heavy atom. The van der Waals surface area contributed by atoms with Gasteiger partial charge in [-0.2, -0.15) is 0 Å². The summed E-state index contributed by atoms with van der Waals surface area (Å²) in [5.74, 6) is -0.533. The second-order valence-corrected chi connectivity index (χ2v) is 3.92. The van der Waals surface area contributed by atoms with Crippen LogP contribution in [0.5, 0.6) is 0 Å². The first kappa shape index (κ1) is 12.3. The molecule has 0 fully saturated rings. The van der Waals surface area contributed by atoms with Crippen LogP contribution in [0.15, 0.2) is 30.5 Å². The lowest BCUT2D eigenvalue weighted by molar-refractivity contribution is -0.137. The van der Waals surface area contributed by atoms with Crippen LogP contribution >= 0.6 is 0 Å². The standard InChI is InChI=1S/C13H13FN2O2/c14-11-4-1-3-10-9(11)6-8-16-13(10)15-7-2-5-12(17)18/h1,3-4,6,8H,2,5,7H2,(H,15,16)(H,17,18). The number of carboxylic acids is 1. The van der Waals surface area contributed by atoms with Gasteiger partial charge in [0, 0.05) is 29.9 Å². The van der Waals surface area contributed by atoms with Crippen LogP contribution in [0.1, 0.15) is 12.8 Å². The summed E-state index contributed by atoms with van der Waals surface area (Å²) in [5.41, 5.74) is 0. The number of halogens is 1. The lowest BCUT2D eigenvalue weighted by Gasteiger charge is -2.08. The third kappa shape index (κ3) is 2.74. The van der Waals surface area contributed by atoms with E-state index in [4.69, 9.17) is 5.11 Å². The van der Waals surface area contributed by atoms with Crippen molar-refractivity contribution < 1.29 is 14.3 Å². The van der Waals surface area contributed by atoms with E-state index in [9.17, 15) is 9.18 Å². The van der Waals surface area contributed by atoms with Crippen molar-refractivity contribution in [3.05, 3.63) is 36.3 Å². The molecule has 0 bridgehead atoms. The van der Waals surface area contributed by atoms with Gasteiger partial charge in [0.2, 0.25) is 0 Å². The smallest absolute Gasteiger partial charge is 0.303 e. The number of pyridine rings is 1. The third-order valence-electron chi connectivity index (χ3n) is 2.61. The van der Waals surface area contributed by atoms with Crippen molar-refractivity contribution in [2.45, 2.75) is 12.8 Å². The highest BCUT2D eigenvalue weighted by Gasteiger charge is 2.05. The molecule has 0 radical (unpaired) electrons. The highest BCUT2D eigenvalue weighted by Crippen LogP contribution is 2.23. The number of benzene rings is 1. The van der Waals surface area contributed by atoms with E-state index < -0.39 is 5.97 Å². The molecule has 0 saturated carbocycles. The Morgan fingerprint density at radius 1 is 1.33 bits per heavy atom. The normalized spacial score (nSPS) is 10.5. The highest BCUT2D eigenvalue weighted by molar-refractivity contribution is 5.92. The number of nitrogens with zero attached hydrogens (tertiary/aromatic N) is 1. The van der Waals surface area contributed by atoms with Gasteiger partial charge in [0.1, 0.15) is 11.6 Å². The number of nitrogens with one attached hydrogen (secondary N) is 1. The van der Waals surface area contributed by atoms with Gasteiger partial charge in [0.05, 0.1) is 0 Å². The molecule has 0 amide bonds. The Balaban J connectivity index is 2.13. The summed E-state index contributed by atoms with van der Waals surface area (Å²) in [6.45, 7) is 0.495. The van der Waals surface area contributed by atoms with E-state index in [0.717, 1.165) is 0 Å². The lowest BCUT2D eigenvalue weighted by Crippen LogP contribution is -2.06. The maximum atomic E-state index is 13.5. The predicted octanol–water partition coefficient (Wildman–Crippen LogP) is 2.65. The number of fused-ring (bicyclic) bond motifs is 1. The number of carbonyl (C=O) groups is 1. The Bertz CT molecular complexity index is 572. The minimum absolute atomic E-state index is 0.103. The van der Waals surface area contributed by atoms with Gasteiger partial charge in [-0.05, 0) is 18.6 Å². The Labute approximate surface area is 103 Å². The van der Waals surface area contributed by atoms with Crippen molar-refractivity contribution in [2.75, 3.05) is 11.9 Å². The van der Waals surface area contributed by atoms with Crippen molar-refractivity contribution in [1.29, 1.82) is 0 Å². The number of anilines is 1. The number of hydrogen-bond acceptors (Lipinski definition) is 3. The second kappa shape index (κ2) is 5.44. The van der Waals surface area contributed by atoms with Crippen molar-refractivity contribution in [3.8, 4) is 0 Å². The summed E-state index contributed by atoms with van der Waals surface area (Å²) in [5, 5.41) is 12.8. The maximum absolute atomic E-state index is 13.5. The van der Waals surface area contributed by atoms with Crippen LogP contribution in [0.25, 0.3) is 10.8 Å². The summed E-state index contributed by atoms with van der Waals surface area (Å²) >= 11 is 0. The molecule has 1 aromatic carbocycles. The Hall–Kier alpha value is -2.17. The lowest BCUT2D eigenvalue weighted by atomic mass is 10.1. The minimum Gasteiger partial charge on any atom is -0.481 e. The van der Waals surface area contributed by atoms with Crippen molar-refractivity contribution in [3.63, 3.8) is 0 Å². The van der Waals surface area contributed by atoms with Crippen molar-refractivity contribution in [1.82, 2.24) is 4.98 Å². The Kier molecular flexibility index (Phi) is 3.72. The fourth-order valence-electron chi connectivity index (χ4n) is 1.76. The SMILES string of the molecule is O=C(O)CCCNc1nccc2c(F)cccc12. The number of aromatic nitrogens is 1. The van der Waals surface area contributed by atoms with E-state index in [0.29, 0.717) is 29.6 Å². The van der Waals surface area contributed by atoms with Crippen LogP contribution in [0.4, 0.5) is 10.2 Å². The van der Waals surface area contributed by atoms with Gasteiger partial charge in [-0.1, -0.05) is 12.1 Å². The number of aliphatic carboxylic acids is 1. The first-order valence-electron chi connectivity index (χ1n) is 5.67. The van der Waals surface area contributed by atoms with E-state index in [2.05, 4.69) is 10.3 Å². The quantitative estimate of drug-likeness (QED) is 0.798. The third-order valence-corrected chi connectivity index (χ3v) is 2.61. The summed E-state index contributed by atoms with van der Waals surface area (Å²) in [4.78, 5) is 14.5. The molecule has 0 atom stereocenters. The zero-order chi connectivity index (χ0) is 13.0. The molecular weight excluding hydrogens is 235 g/mol. The summed E-state index contributed by atoms with van der Waals surface area (Å²) < 4.78 is 13.5. The van der Waals surface area contributed by atoms with Gasteiger partial charge in [0.15, 0.2) is 0 Å². The van der Waals surface area contributed by atoms with Crippen molar-refractivity contribution in [2.24, 2.45) is 0 Å². The molecule has 0 saturated heterocycles. The first-order chi connectivity index (χ1) is 8.68. The van der Waals surface area contributed by atoms with E-state index >= 15 is 0 Å². The number of carboxylic acid groups (broad SMARTS) is 1. The fraction of sp³-hybridized carbons (Fsp3) is 0.231. The predicted molar refractivity (Wildman–Crippen MR) is 67.1 cm³/mol.